The molecule has 2 heterocycles. The Morgan fingerprint density at radius 2 is 1.62 bits per heavy atom. The van der Waals surface area contributed by atoms with Gasteiger partial charge in [0.15, 0.2) is 0 Å². The first kappa shape index (κ1) is 9.52. The molecule has 1 atom stereocenters. The monoisotopic (exact) mass is 212 g/mol. The van der Waals surface area contributed by atoms with Gasteiger partial charge in [-0.15, -0.1) is 0 Å². The van der Waals surface area contributed by atoms with Crippen LogP contribution in [0.3, 0.4) is 0 Å². The van der Waals surface area contributed by atoms with Gasteiger partial charge >= 0.3 is 0 Å². The molecule has 0 saturated heterocycles. The Hall–Kier alpha value is -1.70. The van der Waals surface area contributed by atoms with Gasteiger partial charge in [-0.1, -0.05) is 6.08 Å². The molecule has 0 bridgehead atoms. The average molecular weight is 212 g/mol. The van der Waals surface area contributed by atoms with E-state index in [2.05, 4.69) is 64.3 Å². The summed E-state index contributed by atoms with van der Waals surface area (Å²) < 4.78 is 4.55. The number of nitrogens with zero attached hydrogens (tertiary/aromatic N) is 2. The van der Waals surface area contributed by atoms with E-state index in [-0.39, 0.29) is 0 Å². The van der Waals surface area contributed by atoms with Crippen molar-refractivity contribution < 1.29 is 0 Å². The molecule has 0 fully saturated rings. The normalized spacial score (nSPS) is 20.8. The molecule has 2 aromatic rings. The van der Waals surface area contributed by atoms with E-state index in [1.807, 2.05) is 0 Å². The van der Waals surface area contributed by atoms with Crippen LogP contribution in [0.5, 0.6) is 0 Å². The van der Waals surface area contributed by atoms with Crippen molar-refractivity contribution in [1.82, 2.24) is 9.13 Å². The van der Waals surface area contributed by atoms with Gasteiger partial charge in [-0.3, -0.25) is 0 Å². The highest BCUT2D eigenvalue weighted by atomic mass is 15.1. The number of rotatable bonds is 2. The number of allylic oxidation sites excluding steroid dienone is 2. The molecule has 0 amide bonds. The molecule has 0 aliphatic heterocycles. The van der Waals surface area contributed by atoms with Crippen molar-refractivity contribution in [2.24, 2.45) is 0 Å². The molecule has 0 saturated carbocycles. The summed E-state index contributed by atoms with van der Waals surface area (Å²) in [5.41, 5.74) is 1.41. The second kappa shape index (κ2) is 4.05. The lowest BCUT2D eigenvalue weighted by molar-refractivity contribution is 0.517. The van der Waals surface area contributed by atoms with Crippen LogP contribution in [0, 0.1) is 0 Å². The molecule has 0 aromatic carbocycles. The molecule has 0 spiro atoms. The highest BCUT2D eigenvalue weighted by molar-refractivity contribution is 5.51. The fraction of sp³-hybridized carbons (Fsp3) is 0.286. The maximum absolute atomic E-state index is 2.37. The van der Waals surface area contributed by atoms with Gasteiger partial charge in [-0.05, 0) is 43.5 Å². The third-order valence-electron chi connectivity index (χ3n) is 3.27. The summed E-state index contributed by atoms with van der Waals surface area (Å²) in [6.07, 6.45) is 14.7. The van der Waals surface area contributed by atoms with Crippen LogP contribution < -0.4 is 0 Å². The summed E-state index contributed by atoms with van der Waals surface area (Å²) in [4.78, 5) is 0. The Balaban J connectivity index is 1.98. The van der Waals surface area contributed by atoms with Crippen molar-refractivity contribution in [3.05, 3.63) is 55.1 Å². The standard InChI is InChI=1S/C14H16N2/c1-2-8-14(16-11-5-6-12-16)13(7-1)15-9-3-4-10-15/h3-7,9-12,14H,1-2,8H2. The zero-order valence-corrected chi connectivity index (χ0v) is 9.29. The fourth-order valence-corrected chi connectivity index (χ4v) is 2.49. The van der Waals surface area contributed by atoms with Gasteiger partial charge in [-0.25, -0.2) is 0 Å². The fourth-order valence-electron chi connectivity index (χ4n) is 2.49. The highest BCUT2D eigenvalue weighted by Crippen LogP contribution is 2.32. The van der Waals surface area contributed by atoms with Crippen LogP contribution in [-0.4, -0.2) is 9.13 Å². The summed E-state index contributed by atoms with van der Waals surface area (Å²) in [7, 11) is 0. The van der Waals surface area contributed by atoms with Crippen molar-refractivity contribution in [1.29, 1.82) is 0 Å². The van der Waals surface area contributed by atoms with E-state index in [1.54, 1.807) is 0 Å². The second-order valence-electron chi connectivity index (χ2n) is 4.30. The zero-order chi connectivity index (χ0) is 10.8. The van der Waals surface area contributed by atoms with Crippen LogP contribution >= 0.6 is 0 Å². The largest absolute Gasteiger partial charge is 0.345 e. The van der Waals surface area contributed by atoms with Crippen molar-refractivity contribution in [3.8, 4) is 0 Å². The van der Waals surface area contributed by atoms with Gasteiger partial charge in [0, 0.05) is 30.5 Å². The number of hydrogen-bond donors (Lipinski definition) is 0. The van der Waals surface area contributed by atoms with E-state index in [4.69, 9.17) is 0 Å². The maximum Gasteiger partial charge on any atom is 0.0731 e. The first-order valence-electron chi connectivity index (χ1n) is 5.91. The third-order valence-corrected chi connectivity index (χ3v) is 3.27. The smallest absolute Gasteiger partial charge is 0.0731 e. The molecule has 0 N–H and O–H groups in total. The molecule has 0 radical (unpaired) electrons. The molecule has 1 unspecified atom stereocenters. The van der Waals surface area contributed by atoms with Crippen molar-refractivity contribution in [3.63, 3.8) is 0 Å². The zero-order valence-electron chi connectivity index (χ0n) is 9.29. The van der Waals surface area contributed by atoms with E-state index < -0.39 is 0 Å². The Kier molecular flexibility index (Phi) is 2.41. The van der Waals surface area contributed by atoms with Gasteiger partial charge < -0.3 is 9.13 Å². The van der Waals surface area contributed by atoms with Crippen LogP contribution in [0.25, 0.3) is 5.70 Å². The summed E-state index contributed by atoms with van der Waals surface area (Å²) in [5.74, 6) is 0. The van der Waals surface area contributed by atoms with Gasteiger partial charge in [0.25, 0.3) is 0 Å². The Morgan fingerprint density at radius 3 is 2.38 bits per heavy atom. The highest BCUT2D eigenvalue weighted by Gasteiger charge is 2.19. The molecule has 2 nitrogen and oxygen atoms in total. The quantitative estimate of drug-likeness (QED) is 0.720. The lowest BCUT2D eigenvalue weighted by Gasteiger charge is -2.26. The number of hydrogen-bond acceptors (Lipinski definition) is 0. The Morgan fingerprint density at radius 1 is 0.938 bits per heavy atom. The molecule has 1 aliphatic carbocycles. The molecular weight excluding hydrogens is 196 g/mol. The van der Waals surface area contributed by atoms with Gasteiger partial charge in [0.1, 0.15) is 0 Å². The van der Waals surface area contributed by atoms with Crippen molar-refractivity contribution in [2.75, 3.05) is 0 Å². The predicted octanol–water partition coefficient (Wildman–Crippen LogP) is 3.56. The van der Waals surface area contributed by atoms with Crippen LogP contribution in [0.15, 0.2) is 55.1 Å². The van der Waals surface area contributed by atoms with Gasteiger partial charge in [0.2, 0.25) is 0 Å². The minimum atomic E-state index is 0.496. The Bertz CT molecular complexity index is 463. The first-order valence-corrected chi connectivity index (χ1v) is 5.91. The summed E-state index contributed by atoms with van der Waals surface area (Å²) in [5, 5.41) is 0. The topological polar surface area (TPSA) is 9.86 Å². The second-order valence-corrected chi connectivity index (χ2v) is 4.30. The third kappa shape index (κ3) is 1.60. The van der Waals surface area contributed by atoms with Crippen LogP contribution in [0.4, 0.5) is 0 Å². The molecule has 2 aromatic heterocycles. The first-order chi connectivity index (χ1) is 7.95. The van der Waals surface area contributed by atoms with E-state index in [0.717, 1.165) is 0 Å². The minimum Gasteiger partial charge on any atom is -0.345 e. The van der Waals surface area contributed by atoms with Gasteiger partial charge in [-0.2, -0.15) is 0 Å². The lowest BCUT2D eigenvalue weighted by atomic mass is 9.99. The molecule has 3 rings (SSSR count). The SMILES string of the molecule is C1=C(n2cccc2)C(n2cccc2)CCC1. The van der Waals surface area contributed by atoms with Crippen LogP contribution in [-0.2, 0) is 0 Å². The molecule has 2 heteroatoms. The van der Waals surface area contributed by atoms with Gasteiger partial charge in [0.05, 0.1) is 6.04 Å². The minimum absolute atomic E-state index is 0.496. The average Bonchev–Trinajstić information content (AvgIpc) is 3.03. The summed E-state index contributed by atoms with van der Waals surface area (Å²) in [6, 6.07) is 8.87. The molecular formula is C14H16N2. The van der Waals surface area contributed by atoms with Crippen LogP contribution in [0.1, 0.15) is 25.3 Å². The van der Waals surface area contributed by atoms with Crippen molar-refractivity contribution >= 4 is 5.70 Å². The van der Waals surface area contributed by atoms with Crippen molar-refractivity contribution in [2.45, 2.75) is 25.3 Å². The summed E-state index contributed by atoms with van der Waals surface area (Å²) in [6.45, 7) is 0. The lowest BCUT2D eigenvalue weighted by Crippen LogP contribution is -2.15. The van der Waals surface area contributed by atoms with E-state index in [1.165, 1.54) is 25.0 Å². The van der Waals surface area contributed by atoms with Crippen LogP contribution in [0.2, 0.25) is 0 Å². The molecule has 16 heavy (non-hydrogen) atoms. The molecule has 82 valence electrons. The van der Waals surface area contributed by atoms with E-state index >= 15 is 0 Å². The molecule has 1 aliphatic rings. The Labute approximate surface area is 95.8 Å². The number of aromatic nitrogens is 2. The van der Waals surface area contributed by atoms with E-state index in [9.17, 15) is 0 Å². The summed E-state index contributed by atoms with van der Waals surface area (Å²) >= 11 is 0. The van der Waals surface area contributed by atoms with E-state index in [0.29, 0.717) is 6.04 Å². The maximum atomic E-state index is 2.37. The predicted molar refractivity (Wildman–Crippen MR) is 66.0 cm³/mol.